The normalized spacial score (nSPS) is 11.6. The number of aromatic nitrogens is 2. The molecule has 41 heavy (non-hydrogen) atoms. The number of unbranched alkanes of at least 4 members (excludes halogenated alkanes) is 30. The third-order valence-electron chi connectivity index (χ3n) is 9.31. The van der Waals surface area contributed by atoms with Crippen molar-refractivity contribution >= 4 is 0 Å². The van der Waals surface area contributed by atoms with Gasteiger partial charge in [-0.25, -0.2) is 4.98 Å². The number of hydrogen-bond acceptors (Lipinski definition) is 1. The topological polar surface area (TPSA) is 17.8 Å². The zero-order chi connectivity index (χ0) is 29.3. The van der Waals surface area contributed by atoms with Crippen LogP contribution < -0.4 is 0 Å². The first kappa shape index (κ1) is 38.2. The number of rotatable bonds is 34. The average molecular weight is 573 g/mol. The Bertz CT molecular complexity index is 556. The van der Waals surface area contributed by atoms with E-state index >= 15 is 0 Å². The molecular formula is C39H76N2. The van der Waals surface area contributed by atoms with E-state index in [1.54, 1.807) is 0 Å². The van der Waals surface area contributed by atoms with Crippen molar-refractivity contribution in [1.82, 2.24) is 9.55 Å². The Morgan fingerprint density at radius 3 is 1.02 bits per heavy atom. The van der Waals surface area contributed by atoms with Gasteiger partial charge < -0.3 is 4.57 Å². The maximum Gasteiger partial charge on any atom is 0.108 e. The van der Waals surface area contributed by atoms with E-state index in [0.29, 0.717) is 0 Å². The minimum absolute atomic E-state index is 1.17. The summed E-state index contributed by atoms with van der Waals surface area (Å²) in [5.41, 5.74) is 0. The first-order valence-corrected chi connectivity index (χ1v) is 19.4. The van der Waals surface area contributed by atoms with Crippen LogP contribution in [0.15, 0.2) is 12.4 Å². The summed E-state index contributed by atoms with van der Waals surface area (Å²) < 4.78 is 2.44. The summed E-state index contributed by atoms with van der Waals surface area (Å²) in [7, 11) is 0. The average Bonchev–Trinajstić information content (AvgIpc) is 3.43. The van der Waals surface area contributed by atoms with E-state index in [1.165, 1.54) is 224 Å². The molecule has 2 heteroatoms. The van der Waals surface area contributed by atoms with Gasteiger partial charge in [0.25, 0.3) is 0 Å². The van der Waals surface area contributed by atoms with Crippen LogP contribution in [0, 0.1) is 0 Å². The number of hydrogen-bond donors (Lipinski definition) is 0. The van der Waals surface area contributed by atoms with Crippen LogP contribution in [0.5, 0.6) is 0 Å². The first-order chi connectivity index (χ1) is 20.4. The molecular weight excluding hydrogens is 496 g/mol. The molecule has 0 fully saturated rings. The molecule has 0 amide bonds. The molecule has 0 bridgehead atoms. The maximum absolute atomic E-state index is 4.68. The lowest BCUT2D eigenvalue weighted by molar-refractivity contribution is 0.513. The molecule has 0 saturated carbocycles. The molecule has 1 aromatic heterocycles. The first-order valence-electron chi connectivity index (χ1n) is 19.4. The van der Waals surface area contributed by atoms with E-state index in [4.69, 9.17) is 0 Å². The fourth-order valence-corrected chi connectivity index (χ4v) is 6.43. The van der Waals surface area contributed by atoms with Gasteiger partial charge in [0.2, 0.25) is 0 Å². The fourth-order valence-electron chi connectivity index (χ4n) is 6.43. The van der Waals surface area contributed by atoms with E-state index in [0.717, 1.165) is 0 Å². The molecule has 2 nitrogen and oxygen atoms in total. The summed E-state index contributed by atoms with van der Waals surface area (Å²) in [4.78, 5) is 4.68. The van der Waals surface area contributed by atoms with Crippen molar-refractivity contribution in [1.29, 1.82) is 0 Å². The molecule has 0 aliphatic rings. The van der Waals surface area contributed by atoms with E-state index in [1.807, 2.05) is 6.20 Å². The second-order valence-corrected chi connectivity index (χ2v) is 13.4. The van der Waals surface area contributed by atoms with E-state index < -0.39 is 0 Å². The molecule has 0 spiro atoms. The van der Waals surface area contributed by atoms with Crippen molar-refractivity contribution in [3.63, 3.8) is 0 Å². The monoisotopic (exact) mass is 573 g/mol. The molecule has 0 atom stereocenters. The minimum atomic E-state index is 1.17. The van der Waals surface area contributed by atoms with Gasteiger partial charge in [0.1, 0.15) is 5.82 Å². The zero-order valence-electron chi connectivity index (χ0n) is 28.6. The Kier molecular flexibility index (Phi) is 30.0. The largest absolute Gasteiger partial charge is 0.335 e. The van der Waals surface area contributed by atoms with Gasteiger partial charge in [-0.15, -0.1) is 0 Å². The van der Waals surface area contributed by atoms with E-state index in [2.05, 4.69) is 29.6 Å². The van der Waals surface area contributed by atoms with E-state index in [9.17, 15) is 0 Å². The molecule has 1 heterocycles. The highest BCUT2D eigenvalue weighted by Gasteiger charge is 2.03. The Morgan fingerprint density at radius 2 is 0.683 bits per heavy atom. The van der Waals surface area contributed by atoms with Crippen LogP contribution in [0.3, 0.4) is 0 Å². The van der Waals surface area contributed by atoms with Gasteiger partial charge in [0, 0.05) is 25.4 Å². The van der Waals surface area contributed by atoms with Gasteiger partial charge >= 0.3 is 0 Å². The van der Waals surface area contributed by atoms with E-state index in [-0.39, 0.29) is 0 Å². The van der Waals surface area contributed by atoms with Gasteiger partial charge in [-0.3, -0.25) is 0 Å². The summed E-state index contributed by atoms with van der Waals surface area (Å²) >= 11 is 0. The smallest absolute Gasteiger partial charge is 0.108 e. The van der Waals surface area contributed by atoms with Gasteiger partial charge in [-0.2, -0.15) is 0 Å². The lowest BCUT2D eigenvalue weighted by atomic mass is 10.0. The standard InChI is InChI=1S/C39H76N2/c1-3-5-7-9-11-13-15-17-19-21-23-25-27-29-31-33-35-39-40-36-38-41(39)37-34-32-30-28-26-24-22-20-18-16-14-12-10-8-6-4-2/h36,38H,3-35,37H2,1-2H3. The molecule has 1 aromatic rings. The molecule has 0 radical (unpaired) electrons. The summed E-state index contributed by atoms with van der Waals surface area (Å²) in [5.74, 6) is 1.33. The second-order valence-electron chi connectivity index (χ2n) is 13.4. The third kappa shape index (κ3) is 26.6. The van der Waals surface area contributed by atoms with Crippen LogP contribution >= 0.6 is 0 Å². The Labute approximate surface area is 259 Å². The summed E-state index contributed by atoms with van der Waals surface area (Å²) in [5, 5.41) is 0. The summed E-state index contributed by atoms with van der Waals surface area (Å²) in [6.07, 6.45) is 51.4. The zero-order valence-corrected chi connectivity index (χ0v) is 28.6. The number of aryl methyl sites for hydroxylation is 2. The van der Waals surface area contributed by atoms with Crippen LogP contribution in [-0.2, 0) is 13.0 Å². The SMILES string of the molecule is CCCCCCCCCCCCCCCCCCc1nccn1CCCCCCCCCCCCCCCCCC. The van der Waals surface area contributed by atoms with Crippen molar-refractivity contribution in [3.05, 3.63) is 18.2 Å². The van der Waals surface area contributed by atoms with Crippen LogP contribution in [-0.4, -0.2) is 9.55 Å². The van der Waals surface area contributed by atoms with Gasteiger partial charge in [0.15, 0.2) is 0 Å². The highest BCUT2D eigenvalue weighted by molar-refractivity contribution is 4.92. The Balaban J connectivity index is 1.82. The predicted octanol–water partition coefficient (Wildman–Crippen LogP) is 13.9. The van der Waals surface area contributed by atoms with Crippen molar-refractivity contribution in [2.24, 2.45) is 0 Å². The van der Waals surface area contributed by atoms with Gasteiger partial charge in [-0.1, -0.05) is 206 Å². The van der Waals surface area contributed by atoms with Gasteiger partial charge in [0.05, 0.1) is 0 Å². The minimum Gasteiger partial charge on any atom is -0.335 e. The predicted molar refractivity (Wildman–Crippen MR) is 185 cm³/mol. The molecule has 0 aromatic carbocycles. The Morgan fingerprint density at radius 1 is 0.390 bits per heavy atom. The molecule has 0 N–H and O–H groups in total. The number of nitrogens with zero attached hydrogens (tertiary/aromatic N) is 2. The molecule has 0 saturated heterocycles. The van der Waals surface area contributed by atoms with Crippen LogP contribution in [0.4, 0.5) is 0 Å². The quantitative estimate of drug-likeness (QED) is 0.0751. The van der Waals surface area contributed by atoms with Crippen LogP contribution in [0.1, 0.15) is 225 Å². The van der Waals surface area contributed by atoms with Crippen molar-refractivity contribution in [2.75, 3.05) is 0 Å². The van der Waals surface area contributed by atoms with Crippen molar-refractivity contribution < 1.29 is 0 Å². The lowest BCUT2D eigenvalue weighted by Crippen LogP contribution is -2.03. The highest BCUT2D eigenvalue weighted by Crippen LogP contribution is 2.16. The highest BCUT2D eigenvalue weighted by atomic mass is 15.1. The maximum atomic E-state index is 4.68. The second kappa shape index (κ2) is 32.1. The summed E-state index contributed by atoms with van der Waals surface area (Å²) in [6.45, 7) is 5.78. The molecule has 0 aliphatic carbocycles. The third-order valence-corrected chi connectivity index (χ3v) is 9.31. The molecule has 0 aliphatic heterocycles. The molecule has 242 valence electrons. The fraction of sp³-hybridized carbons (Fsp3) is 0.923. The van der Waals surface area contributed by atoms with Gasteiger partial charge in [-0.05, 0) is 12.8 Å². The number of imidazole rings is 1. The molecule has 0 unspecified atom stereocenters. The van der Waals surface area contributed by atoms with Crippen molar-refractivity contribution in [2.45, 2.75) is 232 Å². The van der Waals surface area contributed by atoms with Crippen LogP contribution in [0.25, 0.3) is 0 Å². The molecule has 1 rings (SSSR count). The Hall–Kier alpha value is -0.790. The van der Waals surface area contributed by atoms with Crippen molar-refractivity contribution in [3.8, 4) is 0 Å². The summed E-state index contributed by atoms with van der Waals surface area (Å²) in [6, 6.07) is 0. The van der Waals surface area contributed by atoms with Crippen LogP contribution in [0.2, 0.25) is 0 Å². The lowest BCUT2D eigenvalue weighted by Gasteiger charge is -2.08.